The van der Waals surface area contributed by atoms with Crippen molar-refractivity contribution in [1.82, 2.24) is 4.90 Å². The third kappa shape index (κ3) is 5.42. The van der Waals surface area contributed by atoms with E-state index in [0.29, 0.717) is 24.7 Å². The monoisotopic (exact) mass is 505 g/mol. The second-order valence-electron chi connectivity index (χ2n) is 10.6. The summed E-state index contributed by atoms with van der Waals surface area (Å²) >= 11 is 0. The highest BCUT2D eigenvalue weighted by molar-refractivity contribution is 6.04. The minimum absolute atomic E-state index is 0.0997. The van der Waals surface area contributed by atoms with Gasteiger partial charge in [0.15, 0.2) is 5.76 Å². The van der Waals surface area contributed by atoms with Crippen LogP contribution in [0.3, 0.4) is 0 Å². The fourth-order valence-corrected chi connectivity index (χ4v) is 6.03. The van der Waals surface area contributed by atoms with Crippen molar-refractivity contribution < 1.29 is 27.1 Å². The predicted octanol–water partition coefficient (Wildman–Crippen LogP) is 5.76. The number of alkyl halides is 3. The average Bonchev–Trinajstić information content (AvgIpc) is 3.35. The van der Waals surface area contributed by atoms with Gasteiger partial charge < -0.3 is 24.3 Å². The first-order chi connectivity index (χ1) is 17.2. The quantitative estimate of drug-likeness (QED) is 0.573. The molecule has 0 unspecified atom stereocenters. The molecule has 5 rings (SSSR count). The largest absolute Gasteiger partial charge is 0.456 e. The number of amides is 1. The van der Waals surface area contributed by atoms with Gasteiger partial charge in [-0.05, 0) is 87.9 Å². The molecule has 1 spiro atoms. The Kier molecular flexibility index (Phi) is 7.05. The maximum atomic E-state index is 13.5. The molecule has 1 N–H and O–H groups in total. The third-order valence-electron chi connectivity index (χ3n) is 8.06. The summed E-state index contributed by atoms with van der Waals surface area (Å²) in [5.41, 5.74) is 0.265. The lowest BCUT2D eigenvalue weighted by Crippen LogP contribution is -2.48. The van der Waals surface area contributed by atoms with Gasteiger partial charge in [-0.2, -0.15) is 13.2 Å². The summed E-state index contributed by atoms with van der Waals surface area (Å²) in [6.07, 6.45) is 1.47. The number of carbonyl (C=O) groups excluding carboxylic acids is 1. The van der Waals surface area contributed by atoms with Crippen LogP contribution in [0, 0.1) is 5.41 Å². The van der Waals surface area contributed by atoms with Crippen molar-refractivity contribution in [3.63, 3.8) is 0 Å². The number of benzene rings is 1. The van der Waals surface area contributed by atoms with Crippen LogP contribution in [0.5, 0.6) is 0 Å². The van der Waals surface area contributed by atoms with E-state index in [1.54, 1.807) is 12.1 Å². The van der Waals surface area contributed by atoms with Crippen LogP contribution in [-0.2, 0) is 10.9 Å². The SMILES string of the molecule is CN1CCCC2(CCN(c3ccc(C(F)(F)F)cc3NC(=O)c3ccc(C4CCOCC4)o3)CC2)C1. The number of anilines is 2. The molecule has 3 saturated heterocycles. The third-order valence-corrected chi connectivity index (χ3v) is 8.06. The van der Waals surface area contributed by atoms with E-state index in [1.807, 2.05) is 0 Å². The maximum Gasteiger partial charge on any atom is 0.416 e. The predicted molar refractivity (Wildman–Crippen MR) is 132 cm³/mol. The van der Waals surface area contributed by atoms with E-state index in [-0.39, 0.29) is 22.8 Å². The van der Waals surface area contributed by atoms with Gasteiger partial charge in [0.1, 0.15) is 5.76 Å². The summed E-state index contributed by atoms with van der Waals surface area (Å²) in [4.78, 5) is 17.5. The molecular weight excluding hydrogens is 471 g/mol. The molecule has 196 valence electrons. The summed E-state index contributed by atoms with van der Waals surface area (Å²) in [7, 11) is 2.15. The van der Waals surface area contributed by atoms with Gasteiger partial charge in [0, 0.05) is 38.8 Å². The van der Waals surface area contributed by atoms with E-state index >= 15 is 0 Å². The summed E-state index contributed by atoms with van der Waals surface area (Å²) in [5, 5.41) is 2.72. The lowest BCUT2D eigenvalue weighted by molar-refractivity contribution is -0.137. The van der Waals surface area contributed by atoms with Crippen LogP contribution in [0.2, 0.25) is 0 Å². The molecule has 0 atom stereocenters. The number of hydrogen-bond acceptors (Lipinski definition) is 5. The molecule has 2 aromatic rings. The first kappa shape index (κ1) is 25.1. The molecule has 1 amide bonds. The second kappa shape index (κ2) is 10.1. The second-order valence-corrected chi connectivity index (χ2v) is 10.6. The van der Waals surface area contributed by atoms with Crippen molar-refractivity contribution >= 4 is 17.3 Å². The lowest BCUT2D eigenvalue weighted by Gasteiger charge is -2.47. The minimum atomic E-state index is -4.50. The Bertz CT molecular complexity index is 1070. The van der Waals surface area contributed by atoms with Crippen molar-refractivity contribution in [2.45, 2.75) is 50.6 Å². The summed E-state index contributed by atoms with van der Waals surface area (Å²) in [5.74, 6) is 0.453. The minimum Gasteiger partial charge on any atom is -0.456 e. The summed E-state index contributed by atoms with van der Waals surface area (Å²) < 4.78 is 51.8. The van der Waals surface area contributed by atoms with Gasteiger partial charge >= 0.3 is 6.18 Å². The Labute approximate surface area is 209 Å². The van der Waals surface area contributed by atoms with E-state index in [4.69, 9.17) is 9.15 Å². The number of nitrogens with zero attached hydrogens (tertiary/aromatic N) is 2. The topological polar surface area (TPSA) is 58.0 Å². The number of furan rings is 1. The van der Waals surface area contributed by atoms with Gasteiger partial charge in [0.25, 0.3) is 5.91 Å². The molecular formula is C27H34F3N3O3. The zero-order valence-electron chi connectivity index (χ0n) is 20.7. The molecule has 0 saturated carbocycles. The number of carbonyl (C=O) groups is 1. The molecule has 9 heteroatoms. The van der Waals surface area contributed by atoms with Crippen molar-refractivity contribution in [3.05, 3.63) is 47.4 Å². The standard InChI is InChI=1S/C27H34F3N3O3/c1-32-12-2-9-26(18-32)10-13-33(14-11-26)22-4-3-20(27(28,29)30)17-21(22)31-25(34)24-6-5-23(36-24)19-7-15-35-16-8-19/h3-6,17,19H,2,7-16,18H2,1H3,(H,31,34). The van der Waals surface area contributed by atoms with E-state index in [0.717, 1.165) is 64.0 Å². The van der Waals surface area contributed by atoms with Gasteiger partial charge in [-0.25, -0.2) is 0 Å². The van der Waals surface area contributed by atoms with Crippen LogP contribution < -0.4 is 10.2 Å². The highest BCUT2D eigenvalue weighted by Gasteiger charge is 2.38. The molecule has 1 aromatic heterocycles. The maximum absolute atomic E-state index is 13.5. The summed E-state index contributed by atoms with van der Waals surface area (Å²) in [6.45, 7) is 4.96. The van der Waals surface area contributed by atoms with E-state index in [2.05, 4.69) is 22.2 Å². The molecule has 4 heterocycles. The Balaban J connectivity index is 1.35. The fourth-order valence-electron chi connectivity index (χ4n) is 6.03. The number of halogens is 3. The van der Waals surface area contributed by atoms with Crippen LogP contribution in [0.4, 0.5) is 24.5 Å². The fraction of sp³-hybridized carbons (Fsp3) is 0.593. The normalized spacial score (nSPS) is 21.6. The number of likely N-dealkylation sites (tertiary alicyclic amines) is 1. The molecule has 36 heavy (non-hydrogen) atoms. The molecule has 1 aromatic carbocycles. The van der Waals surface area contributed by atoms with Crippen molar-refractivity contribution in [3.8, 4) is 0 Å². The molecule has 3 fully saturated rings. The summed E-state index contributed by atoms with van der Waals surface area (Å²) in [6, 6.07) is 6.99. The van der Waals surface area contributed by atoms with E-state index in [9.17, 15) is 18.0 Å². The number of ether oxygens (including phenoxy) is 1. The molecule has 3 aliphatic heterocycles. The molecule has 0 aliphatic carbocycles. The van der Waals surface area contributed by atoms with Crippen LogP contribution in [0.15, 0.2) is 34.7 Å². The molecule has 0 radical (unpaired) electrons. The van der Waals surface area contributed by atoms with E-state index < -0.39 is 17.6 Å². The smallest absolute Gasteiger partial charge is 0.416 e. The Morgan fingerprint density at radius 1 is 1.06 bits per heavy atom. The first-order valence-corrected chi connectivity index (χ1v) is 12.9. The van der Waals surface area contributed by atoms with Gasteiger partial charge in [-0.3, -0.25) is 4.79 Å². The Morgan fingerprint density at radius 2 is 1.81 bits per heavy atom. The van der Waals surface area contributed by atoms with Crippen LogP contribution >= 0.6 is 0 Å². The first-order valence-electron chi connectivity index (χ1n) is 12.9. The van der Waals surface area contributed by atoms with Crippen LogP contribution in [-0.4, -0.2) is 57.2 Å². The lowest BCUT2D eigenvalue weighted by atomic mass is 9.72. The molecule has 6 nitrogen and oxygen atoms in total. The zero-order valence-corrected chi connectivity index (χ0v) is 20.7. The highest BCUT2D eigenvalue weighted by atomic mass is 19.4. The average molecular weight is 506 g/mol. The van der Waals surface area contributed by atoms with E-state index in [1.165, 1.54) is 18.9 Å². The van der Waals surface area contributed by atoms with Gasteiger partial charge in [0.2, 0.25) is 0 Å². The van der Waals surface area contributed by atoms with Gasteiger partial charge in [-0.15, -0.1) is 0 Å². The van der Waals surface area contributed by atoms with Crippen molar-refractivity contribution in [2.75, 3.05) is 56.7 Å². The van der Waals surface area contributed by atoms with Crippen molar-refractivity contribution in [1.29, 1.82) is 0 Å². The number of rotatable bonds is 4. The Morgan fingerprint density at radius 3 is 2.50 bits per heavy atom. The van der Waals surface area contributed by atoms with Crippen LogP contribution in [0.25, 0.3) is 0 Å². The van der Waals surface area contributed by atoms with Gasteiger partial charge in [-0.1, -0.05) is 0 Å². The Hall–Kier alpha value is -2.52. The molecule has 3 aliphatic rings. The van der Waals surface area contributed by atoms with Crippen LogP contribution in [0.1, 0.15) is 66.3 Å². The number of piperidine rings is 2. The number of nitrogens with one attached hydrogen (secondary N) is 1. The van der Waals surface area contributed by atoms with Gasteiger partial charge in [0.05, 0.1) is 16.9 Å². The molecule has 0 bridgehead atoms. The van der Waals surface area contributed by atoms with Crippen molar-refractivity contribution in [2.24, 2.45) is 5.41 Å². The highest BCUT2D eigenvalue weighted by Crippen LogP contribution is 2.43. The zero-order chi connectivity index (χ0) is 25.3. The number of hydrogen-bond donors (Lipinski definition) is 1.